The van der Waals surface area contributed by atoms with Crippen LogP contribution in [0.3, 0.4) is 0 Å². The summed E-state index contributed by atoms with van der Waals surface area (Å²) in [6.45, 7) is 2.25. The lowest BCUT2D eigenvalue weighted by molar-refractivity contribution is 0.0909. The fourth-order valence-corrected chi connectivity index (χ4v) is 2.67. The van der Waals surface area contributed by atoms with E-state index in [9.17, 15) is 13.2 Å². The van der Waals surface area contributed by atoms with Crippen molar-refractivity contribution in [2.75, 3.05) is 12.3 Å². The van der Waals surface area contributed by atoms with Gasteiger partial charge in [-0.3, -0.25) is 4.55 Å². The minimum absolute atomic E-state index is 0. The van der Waals surface area contributed by atoms with Crippen LogP contribution in [-0.4, -0.2) is 31.4 Å². The SMILES string of the molecule is C.CCCCCC(OC(=O)NCCCS(=O)(=O)O)c1ccccc1. The maximum absolute atomic E-state index is 11.8. The Morgan fingerprint density at radius 2 is 1.88 bits per heavy atom. The molecule has 0 spiro atoms. The largest absolute Gasteiger partial charge is 0.441 e. The van der Waals surface area contributed by atoms with Gasteiger partial charge in [-0.1, -0.05) is 57.5 Å². The van der Waals surface area contributed by atoms with Crippen LogP contribution in [0.2, 0.25) is 0 Å². The van der Waals surface area contributed by atoms with E-state index < -0.39 is 16.2 Å². The van der Waals surface area contributed by atoms with Gasteiger partial charge in [-0.15, -0.1) is 0 Å². The molecule has 0 radical (unpaired) electrons. The molecule has 1 aromatic rings. The second-order valence-electron chi connectivity index (χ2n) is 5.37. The van der Waals surface area contributed by atoms with Gasteiger partial charge < -0.3 is 10.1 Å². The molecule has 0 aliphatic carbocycles. The summed E-state index contributed by atoms with van der Waals surface area (Å²) < 4.78 is 35.3. The van der Waals surface area contributed by atoms with Crippen LogP contribution in [0.25, 0.3) is 0 Å². The molecule has 24 heavy (non-hydrogen) atoms. The maximum Gasteiger partial charge on any atom is 0.407 e. The van der Waals surface area contributed by atoms with Crippen LogP contribution < -0.4 is 5.32 Å². The predicted molar refractivity (Wildman–Crippen MR) is 95.6 cm³/mol. The Labute approximate surface area is 145 Å². The molecule has 1 rings (SSSR count). The van der Waals surface area contributed by atoms with Gasteiger partial charge in [-0.2, -0.15) is 8.42 Å². The summed E-state index contributed by atoms with van der Waals surface area (Å²) in [4.78, 5) is 11.8. The average Bonchev–Trinajstić information content (AvgIpc) is 2.51. The van der Waals surface area contributed by atoms with Crippen LogP contribution in [-0.2, 0) is 14.9 Å². The summed E-state index contributed by atoms with van der Waals surface area (Å²) >= 11 is 0. The van der Waals surface area contributed by atoms with Crippen molar-refractivity contribution in [1.29, 1.82) is 0 Å². The fraction of sp³-hybridized carbons (Fsp3) is 0.588. The van der Waals surface area contributed by atoms with Crippen LogP contribution in [0.4, 0.5) is 4.79 Å². The molecule has 0 aliphatic heterocycles. The number of amides is 1. The topological polar surface area (TPSA) is 92.7 Å². The minimum atomic E-state index is -4.00. The van der Waals surface area contributed by atoms with E-state index >= 15 is 0 Å². The summed E-state index contributed by atoms with van der Waals surface area (Å²) in [5, 5.41) is 2.51. The lowest BCUT2D eigenvalue weighted by Gasteiger charge is -2.18. The van der Waals surface area contributed by atoms with Gasteiger partial charge in [0.2, 0.25) is 0 Å². The van der Waals surface area contributed by atoms with Crippen molar-refractivity contribution in [2.45, 2.75) is 52.6 Å². The molecule has 138 valence electrons. The Bertz CT molecular complexity index is 560. The number of carbonyl (C=O) groups excluding carboxylic acids is 1. The summed E-state index contributed by atoms with van der Waals surface area (Å²) in [5.41, 5.74) is 0.941. The van der Waals surface area contributed by atoms with Crippen LogP contribution in [0, 0.1) is 0 Å². The quantitative estimate of drug-likeness (QED) is 0.487. The van der Waals surface area contributed by atoms with Gasteiger partial charge in [-0.05, 0) is 24.8 Å². The van der Waals surface area contributed by atoms with Gasteiger partial charge in [0.1, 0.15) is 6.10 Å². The van der Waals surface area contributed by atoms with Crippen molar-refractivity contribution >= 4 is 16.2 Å². The summed E-state index contributed by atoms with van der Waals surface area (Å²) in [5.74, 6) is -0.383. The molecule has 2 N–H and O–H groups in total. The third-order valence-corrected chi connectivity index (χ3v) is 4.14. The third-order valence-electron chi connectivity index (χ3n) is 3.34. The van der Waals surface area contributed by atoms with Crippen molar-refractivity contribution in [3.8, 4) is 0 Å². The lowest BCUT2D eigenvalue weighted by Crippen LogP contribution is -2.28. The molecule has 0 aliphatic rings. The molecule has 7 heteroatoms. The van der Waals surface area contributed by atoms with E-state index in [1.807, 2.05) is 30.3 Å². The molecule has 0 heterocycles. The van der Waals surface area contributed by atoms with E-state index in [0.29, 0.717) is 0 Å². The van der Waals surface area contributed by atoms with E-state index in [-0.39, 0.29) is 32.2 Å². The number of alkyl carbamates (subject to hydrolysis) is 1. The molecule has 1 unspecified atom stereocenters. The van der Waals surface area contributed by atoms with Gasteiger partial charge >= 0.3 is 6.09 Å². The number of rotatable bonds is 10. The van der Waals surface area contributed by atoms with E-state index in [2.05, 4.69) is 12.2 Å². The molecular weight excluding hydrogens is 330 g/mol. The van der Waals surface area contributed by atoms with Crippen molar-refractivity contribution in [3.05, 3.63) is 35.9 Å². The van der Waals surface area contributed by atoms with E-state index in [1.54, 1.807) is 0 Å². The zero-order chi connectivity index (χ0) is 17.1. The normalized spacial score (nSPS) is 12.1. The molecular formula is C17H29NO5S. The number of benzene rings is 1. The first kappa shape index (κ1) is 22.4. The Hall–Kier alpha value is -1.60. The summed E-state index contributed by atoms with van der Waals surface area (Å²) in [6, 6.07) is 9.54. The molecule has 1 amide bonds. The van der Waals surface area contributed by atoms with Gasteiger partial charge in [0.15, 0.2) is 0 Å². The number of hydrogen-bond acceptors (Lipinski definition) is 4. The van der Waals surface area contributed by atoms with Gasteiger partial charge in [0.25, 0.3) is 10.1 Å². The first-order valence-electron chi connectivity index (χ1n) is 7.87. The predicted octanol–water partition coefficient (Wildman–Crippen LogP) is 3.95. The van der Waals surface area contributed by atoms with Crippen LogP contribution in [0.1, 0.15) is 58.1 Å². The molecule has 6 nitrogen and oxygen atoms in total. The van der Waals surface area contributed by atoms with Gasteiger partial charge in [-0.25, -0.2) is 4.79 Å². The minimum Gasteiger partial charge on any atom is -0.441 e. The zero-order valence-electron chi connectivity index (χ0n) is 13.4. The molecule has 0 aromatic heterocycles. The first-order valence-corrected chi connectivity index (χ1v) is 9.48. The molecule has 0 saturated carbocycles. The Morgan fingerprint density at radius 3 is 2.46 bits per heavy atom. The van der Waals surface area contributed by atoms with E-state index in [1.165, 1.54) is 0 Å². The molecule has 0 saturated heterocycles. The van der Waals surface area contributed by atoms with Crippen LogP contribution in [0.15, 0.2) is 30.3 Å². The van der Waals surface area contributed by atoms with Crippen molar-refractivity contribution in [2.24, 2.45) is 0 Å². The Morgan fingerprint density at radius 1 is 1.21 bits per heavy atom. The highest BCUT2D eigenvalue weighted by molar-refractivity contribution is 7.85. The molecule has 1 aromatic carbocycles. The highest BCUT2D eigenvalue weighted by atomic mass is 32.2. The first-order chi connectivity index (χ1) is 10.9. The maximum atomic E-state index is 11.8. The second kappa shape index (κ2) is 11.9. The van der Waals surface area contributed by atoms with Crippen molar-refractivity contribution in [3.63, 3.8) is 0 Å². The van der Waals surface area contributed by atoms with Crippen LogP contribution in [0.5, 0.6) is 0 Å². The van der Waals surface area contributed by atoms with Gasteiger partial charge in [0, 0.05) is 6.54 Å². The molecule has 1 atom stereocenters. The van der Waals surface area contributed by atoms with Crippen LogP contribution >= 0.6 is 0 Å². The standard InChI is InChI=1S/C16H25NO5S.CH4/c1-2-3-5-11-15(14-9-6-4-7-10-14)22-16(18)17-12-8-13-23(19,20)21;/h4,6-7,9-10,15H,2-3,5,8,11-13H2,1H3,(H,17,18)(H,19,20,21);1H4. The van der Waals surface area contributed by atoms with E-state index in [0.717, 1.165) is 31.2 Å². The molecule has 0 bridgehead atoms. The highest BCUT2D eigenvalue weighted by Gasteiger charge is 2.16. The Kier molecular flexibility index (Phi) is 11.1. The number of nitrogens with one attached hydrogen (secondary N) is 1. The van der Waals surface area contributed by atoms with Gasteiger partial charge in [0.05, 0.1) is 5.75 Å². The lowest BCUT2D eigenvalue weighted by atomic mass is 10.0. The number of unbranched alkanes of at least 4 members (excludes halogenated alkanes) is 2. The zero-order valence-corrected chi connectivity index (χ0v) is 14.2. The average molecular weight is 359 g/mol. The third kappa shape index (κ3) is 10.2. The highest BCUT2D eigenvalue weighted by Crippen LogP contribution is 2.23. The smallest absolute Gasteiger partial charge is 0.407 e. The summed E-state index contributed by atoms with van der Waals surface area (Å²) in [6.07, 6.45) is 3.11. The Balaban J connectivity index is 0.00000529. The number of hydrogen-bond donors (Lipinski definition) is 2. The fourth-order valence-electron chi connectivity index (χ4n) is 2.16. The summed E-state index contributed by atoms with van der Waals surface area (Å²) in [7, 11) is -4.00. The van der Waals surface area contributed by atoms with Crippen molar-refractivity contribution in [1.82, 2.24) is 5.32 Å². The monoisotopic (exact) mass is 359 g/mol. The number of carbonyl (C=O) groups is 1. The molecule has 0 fully saturated rings. The van der Waals surface area contributed by atoms with Crippen molar-refractivity contribution < 1.29 is 22.5 Å². The van der Waals surface area contributed by atoms with E-state index in [4.69, 9.17) is 9.29 Å². The second-order valence-corrected chi connectivity index (χ2v) is 6.94. The number of ether oxygens (including phenoxy) is 1.